The van der Waals surface area contributed by atoms with Gasteiger partial charge >= 0.3 is 0 Å². The number of hydrogen-bond acceptors (Lipinski definition) is 3. The molecule has 0 bridgehead atoms. The summed E-state index contributed by atoms with van der Waals surface area (Å²) in [4.78, 5) is 7.91. The fraction of sp³-hybridized carbons (Fsp3) is 0. The van der Waals surface area contributed by atoms with Crippen molar-refractivity contribution in [2.45, 2.75) is 0 Å². The third-order valence-corrected chi connectivity index (χ3v) is 2.19. The molecule has 0 aliphatic heterocycles. The van der Waals surface area contributed by atoms with Gasteiger partial charge in [-0.15, -0.1) is 0 Å². The molecule has 0 saturated carbocycles. The fourth-order valence-electron chi connectivity index (χ4n) is 1.15. The molecule has 2 N–H and O–H groups in total. The smallest absolute Gasteiger partial charge is 0.142 e. The molecule has 3 nitrogen and oxygen atoms in total. The molecule has 2 aromatic heterocycles. The maximum absolute atomic E-state index is 5.86. The second-order valence-corrected chi connectivity index (χ2v) is 3.23. The first-order valence-corrected chi connectivity index (χ1v) is 4.46. The summed E-state index contributed by atoms with van der Waals surface area (Å²) < 4.78 is 0. The van der Waals surface area contributed by atoms with Gasteiger partial charge in [0.05, 0.1) is 5.02 Å². The highest BCUT2D eigenvalue weighted by molar-refractivity contribution is 6.33. The number of halogens is 1. The largest absolute Gasteiger partial charge is 0.382 e. The molecule has 0 spiro atoms. The maximum Gasteiger partial charge on any atom is 0.142 e. The molecule has 2 heterocycles. The number of nitrogen functional groups attached to an aromatic ring is 1. The van der Waals surface area contributed by atoms with Crippen LogP contribution in [0.1, 0.15) is 0 Å². The van der Waals surface area contributed by atoms with Crippen molar-refractivity contribution in [3.8, 4) is 11.1 Å². The van der Waals surface area contributed by atoms with Gasteiger partial charge in [0.1, 0.15) is 5.82 Å². The van der Waals surface area contributed by atoms with Gasteiger partial charge in [0.15, 0.2) is 0 Å². The van der Waals surface area contributed by atoms with Gasteiger partial charge in [0.25, 0.3) is 0 Å². The zero-order valence-electron chi connectivity index (χ0n) is 7.31. The highest BCUT2D eigenvalue weighted by atomic mass is 35.5. The van der Waals surface area contributed by atoms with Gasteiger partial charge in [0.2, 0.25) is 0 Å². The fourth-order valence-corrected chi connectivity index (χ4v) is 1.32. The average Bonchev–Trinajstić information content (AvgIpc) is 2.23. The first-order chi connectivity index (χ1) is 6.77. The van der Waals surface area contributed by atoms with Crippen molar-refractivity contribution in [2.24, 2.45) is 0 Å². The van der Waals surface area contributed by atoms with Crippen LogP contribution in [0.4, 0.5) is 5.82 Å². The van der Waals surface area contributed by atoms with Crippen molar-refractivity contribution < 1.29 is 0 Å². The predicted molar refractivity (Wildman–Crippen MR) is 56.9 cm³/mol. The van der Waals surface area contributed by atoms with Crippen molar-refractivity contribution in [1.82, 2.24) is 9.97 Å². The summed E-state index contributed by atoms with van der Waals surface area (Å²) in [6, 6.07) is 5.58. The lowest BCUT2D eigenvalue weighted by atomic mass is 10.1. The molecule has 0 aliphatic carbocycles. The molecule has 4 heteroatoms. The van der Waals surface area contributed by atoms with E-state index in [0.717, 1.165) is 11.1 Å². The Balaban J connectivity index is 2.48. The first-order valence-electron chi connectivity index (χ1n) is 4.09. The lowest BCUT2D eigenvalue weighted by Gasteiger charge is -2.02. The minimum Gasteiger partial charge on any atom is -0.382 e. The zero-order valence-corrected chi connectivity index (χ0v) is 8.07. The molecule has 0 atom stereocenters. The van der Waals surface area contributed by atoms with Gasteiger partial charge in [0, 0.05) is 24.2 Å². The molecule has 0 aliphatic rings. The van der Waals surface area contributed by atoms with Crippen molar-refractivity contribution in [2.75, 3.05) is 5.73 Å². The minimum atomic E-state index is 0.351. The Morgan fingerprint density at radius 2 is 1.86 bits per heavy atom. The standard InChI is InChI=1S/C10H8ClN3/c11-9-5-8(6-14-10(9)12)7-1-3-13-4-2-7/h1-6H,(H2,12,14). The Morgan fingerprint density at radius 1 is 1.14 bits per heavy atom. The van der Waals surface area contributed by atoms with Crippen LogP contribution in [0.5, 0.6) is 0 Å². The lowest BCUT2D eigenvalue weighted by molar-refractivity contribution is 1.31. The number of aromatic nitrogens is 2. The molecular weight excluding hydrogens is 198 g/mol. The van der Waals surface area contributed by atoms with E-state index in [9.17, 15) is 0 Å². The van der Waals surface area contributed by atoms with Crippen LogP contribution < -0.4 is 5.73 Å². The molecule has 0 radical (unpaired) electrons. The minimum absolute atomic E-state index is 0.351. The monoisotopic (exact) mass is 205 g/mol. The summed E-state index contributed by atoms with van der Waals surface area (Å²) in [6.45, 7) is 0. The van der Waals surface area contributed by atoms with Gasteiger partial charge < -0.3 is 5.73 Å². The van der Waals surface area contributed by atoms with Crippen molar-refractivity contribution in [1.29, 1.82) is 0 Å². The topological polar surface area (TPSA) is 51.8 Å². The second-order valence-electron chi connectivity index (χ2n) is 2.83. The number of nitrogens with zero attached hydrogens (tertiary/aromatic N) is 2. The van der Waals surface area contributed by atoms with E-state index in [-0.39, 0.29) is 0 Å². The number of anilines is 1. The normalized spacial score (nSPS) is 10.1. The maximum atomic E-state index is 5.86. The van der Waals surface area contributed by atoms with E-state index >= 15 is 0 Å². The molecule has 2 aromatic rings. The van der Waals surface area contributed by atoms with Crippen LogP contribution in [0.15, 0.2) is 36.8 Å². The molecule has 14 heavy (non-hydrogen) atoms. The first kappa shape index (κ1) is 8.97. The molecular formula is C10H8ClN3. The van der Waals surface area contributed by atoms with E-state index < -0.39 is 0 Å². The molecule has 0 saturated heterocycles. The summed E-state index contributed by atoms with van der Waals surface area (Å²) in [6.07, 6.45) is 5.13. The Bertz CT molecular complexity index is 442. The van der Waals surface area contributed by atoms with Gasteiger partial charge in [-0.2, -0.15) is 0 Å². The number of pyridine rings is 2. The highest BCUT2D eigenvalue weighted by Crippen LogP contribution is 2.24. The molecule has 0 fully saturated rings. The van der Waals surface area contributed by atoms with E-state index in [1.165, 1.54) is 0 Å². The summed E-state index contributed by atoms with van der Waals surface area (Å²) in [5.74, 6) is 0.351. The number of hydrogen-bond donors (Lipinski definition) is 1. The summed E-state index contributed by atoms with van der Waals surface area (Å²) in [7, 11) is 0. The zero-order chi connectivity index (χ0) is 9.97. The summed E-state index contributed by atoms with van der Waals surface area (Å²) in [5, 5.41) is 0.472. The molecule has 2 rings (SSSR count). The second kappa shape index (κ2) is 3.64. The van der Waals surface area contributed by atoms with Crippen LogP contribution >= 0.6 is 11.6 Å². The lowest BCUT2D eigenvalue weighted by Crippen LogP contribution is -1.91. The van der Waals surface area contributed by atoms with Crippen molar-refractivity contribution in [3.63, 3.8) is 0 Å². The van der Waals surface area contributed by atoms with E-state index in [2.05, 4.69) is 9.97 Å². The van der Waals surface area contributed by atoms with Gasteiger partial charge in [-0.25, -0.2) is 4.98 Å². The van der Waals surface area contributed by atoms with Gasteiger partial charge in [-0.3, -0.25) is 4.98 Å². The number of rotatable bonds is 1. The predicted octanol–water partition coefficient (Wildman–Crippen LogP) is 2.38. The van der Waals surface area contributed by atoms with Crippen LogP contribution in [0.25, 0.3) is 11.1 Å². The molecule has 0 unspecified atom stereocenters. The van der Waals surface area contributed by atoms with E-state index in [4.69, 9.17) is 17.3 Å². The third kappa shape index (κ3) is 1.67. The van der Waals surface area contributed by atoms with Crippen LogP contribution in [0.2, 0.25) is 5.02 Å². The summed E-state index contributed by atoms with van der Waals surface area (Å²) >= 11 is 5.86. The quantitative estimate of drug-likeness (QED) is 0.778. The van der Waals surface area contributed by atoms with Gasteiger partial charge in [-0.1, -0.05) is 11.6 Å². The SMILES string of the molecule is Nc1ncc(-c2ccncc2)cc1Cl. The van der Waals surface area contributed by atoms with Crippen LogP contribution in [0.3, 0.4) is 0 Å². The molecule has 70 valence electrons. The van der Waals surface area contributed by atoms with Crippen LogP contribution in [0, 0.1) is 0 Å². The van der Waals surface area contributed by atoms with Crippen LogP contribution in [-0.2, 0) is 0 Å². The molecule has 0 amide bonds. The summed E-state index contributed by atoms with van der Waals surface area (Å²) in [5.41, 5.74) is 7.47. The highest BCUT2D eigenvalue weighted by Gasteiger charge is 2.01. The number of nitrogens with two attached hydrogens (primary N) is 1. The average molecular weight is 206 g/mol. The Hall–Kier alpha value is -1.61. The van der Waals surface area contributed by atoms with Crippen molar-refractivity contribution >= 4 is 17.4 Å². The third-order valence-electron chi connectivity index (χ3n) is 1.88. The van der Waals surface area contributed by atoms with Gasteiger partial charge in [-0.05, 0) is 23.8 Å². The Morgan fingerprint density at radius 3 is 2.50 bits per heavy atom. The Kier molecular flexibility index (Phi) is 2.33. The molecule has 0 aromatic carbocycles. The van der Waals surface area contributed by atoms with Crippen LogP contribution in [-0.4, -0.2) is 9.97 Å². The Labute approximate surface area is 86.6 Å². The van der Waals surface area contributed by atoms with E-state index in [1.807, 2.05) is 12.1 Å². The van der Waals surface area contributed by atoms with E-state index in [1.54, 1.807) is 24.7 Å². The van der Waals surface area contributed by atoms with E-state index in [0.29, 0.717) is 10.8 Å². The van der Waals surface area contributed by atoms with Crippen molar-refractivity contribution in [3.05, 3.63) is 41.8 Å².